The SMILES string of the molecule is CN1CCCC1COc1nc(N2CCN(C(=O)OC(C)(C)C)C(C(F)F)C2)c2cnc(-c3cccc4ccc(F)c(Cl)c34)c(F)c2n1. The molecule has 250 valence electrons. The number of carbonyl (C=O) groups is 1. The molecule has 2 atom stereocenters. The number of ether oxygens (including phenoxy) is 2. The van der Waals surface area contributed by atoms with Crippen molar-refractivity contribution in [2.24, 2.45) is 0 Å². The predicted molar refractivity (Wildman–Crippen MR) is 171 cm³/mol. The topological polar surface area (TPSA) is 83.9 Å². The number of piperazine rings is 1. The van der Waals surface area contributed by atoms with Crippen molar-refractivity contribution in [3.63, 3.8) is 0 Å². The van der Waals surface area contributed by atoms with Crippen molar-refractivity contribution >= 4 is 45.2 Å². The lowest BCUT2D eigenvalue weighted by Gasteiger charge is -2.41. The van der Waals surface area contributed by atoms with Crippen molar-refractivity contribution in [1.82, 2.24) is 24.8 Å². The maximum absolute atomic E-state index is 16.6. The molecule has 4 heterocycles. The van der Waals surface area contributed by atoms with Gasteiger partial charge in [0, 0.05) is 42.8 Å². The number of carbonyl (C=O) groups excluding carboxylic acids is 1. The highest BCUT2D eigenvalue weighted by atomic mass is 35.5. The molecule has 0 N–H and O–H groups in total. The first-order chi connectivity index (χ1) is 22.3. The Morgan fingerprint density at radius 1 is 1.11 bits per heavy atom. The van der Waals surface area contributed by atoms with Gasteiger partial charge in [0.15, 0.2) is 5.82 Å². The number of hydrogen-bond donors (Lipinski definition) is 0. The molecule has 2 saturated heterocycles. The molecule has 2 aromatic heterocycles. The fourth-order valence-electron chi connectivity index (χ4n) is 6.15. The summed E-state index contributed by atoms with van der Waals surface area (Å²) in [6.07, 6.45) is -0.475. The zero-order valence-electron chi connectivity index (χ0n) is 26.4. The third-order valence-electron chi connectivity index (χ3n) is 8.55. The summed E-state index contributed by atoms with van der Waals surface area (Å²) in [4.78, 5) is 31.0. The molecule has 14 heteroatoms. The Kier molecular flexibility index (Phi) is 9.05. The van der Waals surface area contributed by atoms with Crippen LogP contribution in [0.3, 0.4) is 0 Å². The maximum atomic E-state index is 16.6. The van der Waals surface area contributed by atoms with E-state index in [2.05, 4.69) is 19.9 Å². The van der Waals surface area contributed by atoms with Gasteiger partial charge < -0.3 is 19.3 Å². The normalized spacial score (nSPS) is 19.3. The molecule has 2 fully saturated rings. The van der Waals surface area contributed by atoms with Gasteiger partial charge in [-0.3, -0.25) is 9.88 Å². The molecule has 47 heavy (non-hydrogen) atoms. The summed E-state index contributed by atoms with van der Waals surface area (Å²) in [7, 11) is 1.98. The summed E-state index contributed by atoms with van der Waals surface area (Å²) >= 11 is 6.35. The van der Waals surface area contributed by atoms with Gasteiger partial charge in [-0.15, -0.1) is 0 Å². The van der Waals surface area contributed by atoms with Crippen molar-refractivity contribution in [1.29, 1.82) is 0 Å². The van der Waals surface area contributed by atoms with E-state index in [4.69, 9.17) is 21.1 Å². The summed E-state index contributed by atoms with van der Waals surface area (Å²) in [6, 6.07) is 6.22. The number of nitrogens with zero attached hydrogens (tertiary/aromatic N) is 6. The highest BCUT2D eigenvalue weighted by Gasteiger charge is 2.40. The molecule has 2 aromatic carbocycles. The number of alkyl halides is 2. The minimum Gasteiger partial charge on any atom is -0.462 e. The highest BCUT2D eigenvalue weighted by Crippen LogP contribution is 2.38. The van der Waals surface area contributed by atoms with Gasteiger partial charge >= 0.3 is 12.1 Å². The van der Waals surface area contributed by atoms with Gasteiger partial charge in [-0.2, -0.15) is 9.97 Å². The largest absolute Gasteiger partial charge is 0.462 e. The van der Waals surface area contributed by atoms with E-state index in [1.165, 1.54) is 12.3 Å². The van der Waals surface area contributed by atoms with Gasteiger partial charge in [-0.1, -0.05) is 35.9 Å². The van der Waals surface area contributed by atoms with Crippen molar-refractivity contribution in [2.45, 2.75) is 57.7 Å². The number of likely N-dealkylation sites (tertiary alicyclic amines) is 1. The number of aromatic nitrogens is 3. The van der Waals surface area contributed by atoms with Crippen LogP contribution in [0.2, 0.25) is 5.02 Å². The Bertz CT molecular complexity index is 1820. The summed E-state index contributed by atoms with van der Waals surface area (Å²) < 4.78 is 71.4. The van der Waals surface area contributed by atoms with E-state index in [0.29, 0.717) is 5.39 Å². The molecule has 4 aromatic rings. The van der Waals surface area contributed by atoms with Crippen LogP contribution in [0.15, 0.2) is 36.5 Å². The lowest BCUT2D eigenvalue weighted by Crippen LogP contribution is -2.59. The van der Waals surface area contributed by atoms with E-state index in [1.807, 2.05) is 7.05 Å². The zero-order valence-corrected chi connectivity index (χ0v) is 27.2. The minimum atomic E-state index is -2.90. The van der Waals surface area contributed by atoms with Crippen LogP contribution in [-0.4, -0.2) is 94.8 Å². The Balaban J connectivity index is 1.44. The number of pyridine rings is 1. The average Bonchev–Trinajstić information content (AvgIpc) is 3.44. The lowest BCUT2D eigenvalue weighted by molar-refractivity contribution is -0.0179. The van der Waals surface area contributed by atoms with Crippen molar-refractivity contribution < 1.29 is 31.8 Å². The molecule has 2 aliphatic rings. The van der Waals surface area contributed by atoms with E-state index in [0.717, 1.165) is 24.3 Å². The molecule has 0 bridgehead atoms. The third-order valence-corrected chi connectivity index (χ3v) is 8.92. The van der Waals surface area contributed by atoms with Gasteiger partial charge in [-0.25, -0.2) is 22.4 Å². The van der Waals surface area contributed by atoms with Crippen molar-refractivity contribution in [3.05, 3.63) is 53.2 Å². The Hall–Kier alpha value is -3.97. The lowest BCUT2D eigenvalue weighted by atomic mass is 10.0. The number of amides is 1. The monoisotopic (exact) mass is 674 g/mol. The van der Waals surface area contributed by atoms with E-state index in [9.17, 15) is 18.0 Å². The van der Waals surface area contributed by atoms with Gasteiger partial charge in [-0.05, 0) is 58.7 Å². The molecule has 6 rings (SSSR count). The molecule has 2 unspecified atom stereocenters. The fraction of sp³-hybridized carbons (Fsp3) is 0.455. The summed E-state index contributed by atoms with van der Waals surface area (Å²) in [5.41, 5.74) is -0.889. The number of fused-ring (bicyclic) bond motifs is 2. The number of benzene rings is 2. The molecule has 0 spiro atoms. The van der Waals surface area contributed by atoms with Crippen LogP contribution >= 0.6 is 11.6 Å². The Morgan fingerprint density at radius 2 is 1.89 bits per heavy atom. The van der Waals surface area contributed by atoms with E-state index >= 15 is 4.39 Å². The first kappa shape index (κ1) is 33.0. The van der Waals surface area contributed by atoms with Crippen LogP contribution in [0.25, 0.3) is 32.9 Å². The second-order valence-corrected chi connectivity index (χ2v) is 13.3. The van der Waals surface area contributed by atoms with Crippen molar-refractivity contribution in [2.75, 3.05) is 44.7 Å². The second kappa shape index (κ2) is 12.9. The van der Waals surface area contributed by atoms with Crippen LogP contribution in [0.1, 0.15) is 33.6 Å². The zero-order chi connectivity index (χ0) is 33.6. The molecular weight excluding hydrogens is 640 g/mol. The van der Waals surface area contributed by atoms with Crippen LogP contribution in [0.5, 0.6) is 6.01 Å². The van der Waals surface area contributed by atoms with E-state index in [-0.39, 0.29) is 76.7 Å². The summed E-state index contributed by atoms with van der Waals surface area (Å²) in [5.74, 6) is -1.36. The average molecular weight is 675 g/mol. The first-order valence-corrected chi connectivity index (χ1v) is 15.8. The molecular formula is C33H35ClF4N6O3. The van der Waals surface area contributed by atoms with Gasteiger partial charge in [0.05, 0.1) is 10.4 Å². The standard InChI is InChI=1S/C33H35ClF4N6O3/c1-33(2,3)47-32(45)44-14-13-43(16-23(44)29(37)38)30-21-15-39-27(20-9-5-7-18-10-11-22(35)25(34)24(18)20)26(36)28(21)40-31(41-30)46-17-19-8-6-12-42(19)4/h5,7,9-11,15,19,23,29H,6,8,12-14,16-17H2,1-4H3. The summed E-state index contributed by atoms with van der Waals surface area (Å²) in [5, 5.41) is 0.860. The molecule has 9 nitrogen and oxygen atoms in total. The number of rotatable bonds is 6. The van der Waals surface area contributed by atoms with Crippen LogP contribution in [0, 0.1) is 11.6 Å². The number of hydrogen-bond acceptors (Lipinski definition) is 8. The second-order valence-electron chi connectivity index (χ2n) is 12.9. The Morgan fingerprint density at radius 3 is 2.60 bits per heavy atom. The molecule has 0 aliphatic carbocycles. The van der Waals surface area contributed by atoms with Crippen LogP contribution < -0.4 is 9.64 Å². The maximum Gasteiger partial charge on any atom is 0.410 e. The van der Waals surface area contributed by atoms with Crippen LogP contribution in [0.4, 0.5) is 28.2 Å². The minimum absolute atomic E-state index is 0.0907. The predicted octanol–water partition coefficient (Wildman–Crippen LogP) is 6.94. The third kappa shape index (κ3) is 6.60. The van der Waals surface area contributed by atoms with E-state index in [1.54, 1.807) is 49.9 Å². The number of likely N-dealkylation sites (N-methyl/N-ethyl adjacent to an activating group) is 1. The van der Waals surface area contributed by atoms with Gasteiger partial charge in [0.25, 0.3) is 6.43 Å². The molecule has 1 amide bonds. The molecule has 0 radical (unpaired) electrons. The smallest absolute Gasteiger partial charge is 0.410 e. The van der Waals surface area contributed by atoms with E-state index < -0.39 is 35.8 Å². The number of halogens is 5. The Labute approximate surface area is 274 Å². The van der Waals surface area contributed by atoms with Crippen molar-refractivity contribution in [3.8, 4) is 17.3 Å². The van der Waals surface area contributed by atoms with Gasteiger partial charge in [0.1, 0.15) is 41.1 Å². The highest BCUT2D eigenvalue weighted by molar-refractivity contribution is 6.36. The quantitative estimate of drug-likeness (QED) is 0.204. The number of anilines is 1. The van der Waals surface area contributed by atoms with Crippen LogP contribution in [-0.2, 0) is 4.74 Å². The first-order valence-electron chi connectivity index (χ1n) is 15.4. The molecule has 2 aliphatic heterocycles. The van der Waals surface area contributed by atoms with Gasteiger partial charge in [0.2, 0.25) is 0 Å². The molecule has 0 saturated carbocycles. The summed E-state index contributed by atoms with van der Waals surface area (Å²) in [6.45, 7) is 5.83. The fourth-order valence-corrected chi connectivity index (χ4v) is 6.42.